The lowest BCUT2D eigenvalue weighted by molar-refractivity contribution is 0.145. The van der Waals surface area contributed by atoms with Crippen molar-refractivity contribution in [1.82, 2.24) is 9.78 Å². The quantitative estimate of drug-likeness (QED) is 0.847. The lowest BCUT2D eigenvalue weighted by Gasteiger charge is -2.02. The van der Waals surface area contributed by atoms with Crippen LogP contribution in [-0.2, 0) is 0 Å². The molecule has 2 aromatic rings. The minimum absolute atomic E-state index is 0.201. The summed E-state index contributed by atoms with van der Waals surface area (Å²) < 4.78 is 26.5. The first-order valence-electron chi connectivity index (χ1n) is 5.05. The number of aromatic nitrogens is 2. The lowest BCUT2D eigenvalue weighted by Crippen LogP contribution is -1.98. The Balaban J connectivity index is 2.64. The first kappa shape index (κ1) is 13.0. The fourth-order valence-electron chi connectivity index (χ4n) is 1.55. The SMILES string of the molecule is N#Cc1cccc(-n2nc(C(F)F)c(C#N)c2Cl)c1. The van der Waals surface area contributed by atoms with Crippen molar-refractivity contribution in [2.75, 3.05) is 0 Å². The van der Waals surface area contributed by atoms with Crippen molar-refractivity contribution < 1.29 is 8.78 Å². The number of halogens is 3. The van der Waals surface area contributed by atoms with Gasteiger partial charge in [-0.2, -0.15) is 15.6 Å². The maximum atomic E-state index is 12.7. The Kier molecular flexibility index (Phi) is 3.46. The number of rotatable bonds is 2. The zero-order valence-electron chi connectivity index (χ0n) is 9.31. The number of benzene rings is 1. The van der Waals surface area contributed by atoms with E-state index in [0.29, 0.717) is 11.3 Å². The van der Waals surface area contributed by atoms with Crippen LogP contribution in [0.15, 0.2) is 24.3 Å². The van der Waals surface area contributed by atoms with Crippen LogP contribution in [0.3, 0.4) is 0 Å². The first-order valence-corrected chi connectivity index (χ1v) is 5.43. The van der Waals surface area contributed by atoms with E-state index in [1.54, 1.807) is 24.3 Å². The number of hydrogen-bond donors (Lipinski definition) is 0. The van der Waals surface area contributed by atoms with E-state index in [1.807, 2.05) is 6.07 Å². The highest BCUT2D eigenvalue weighted by Crippen LogP contribution is 2.29. The van der Waals surface area contributed by atoms with Crippen LogP contribution in [0.2, 0.25) is 5.15 Å². The summed E-state index contributed by atoms with van der Waals surface area (Å²) in [4.78, 5) is 0. The van der Waals surface area contributed by atoms with Gasteiger partial charge in [0.2, 0.25) is 0 Å². The maximum absolute atomic E-state index is 12.7. The molecule has 0 fully saturated rings. The molecule has 0 spiro atoms. The van der Waals surface area contributed by atoms with Crippen molar-refractivity contribution in [3.8, 4) is 17.8 Å². The Morgan fingerprint density at radius 1 is 1.26 bits per heavy atom. The van der Waals surface area contributed by atoms with Gasteiger partial charge in [0.1, 0.15) is 17.3 Å². The molecule has 7 heteroatoms. The predicted molar refractivity (Wildman–Crippen MR) is 63.0 cm³/mol. The van der Waals surface area contributed by atoms with Crippen LogP contribution < -0.4 is 0 Å². The van der Waals surface area contributed by atoms with Crippen LogP contribution in [0.25, 0.3) is 5.69 Å². The van der Waals surface area contributed by atoms with Gasteiger partial charge in [-0.25, -0.2) is 13.5 Å². The molecule has 0 aliphatic carbocycles. The molecule has 2 rings (SSSR count). The number of nitriles is 2. The summed E-state index contributed by atoms with van der Waals surface area (Å²) in [5.41, 5.74) is -0.359. The molecular formula is C12H5ClF2N4. The lowest BCUT2D eigenvalue weighted by atomic mass is 10.2. The zero-order valence-corrected chi connectivity index (χ0v) is 10.1. The van der Waals surface area contributed by atoms with E-state index in [9.17, 15) is 8.78 Å². The summed E-state index contributed by atoms with van der Waals surface area (Å²) in [6.45, 7) is 0. The van der Waals surface area contributed by atoms with Crippen molar-refractivity contribution >= 4 is 11.6 Å². The second kappa shape index (κ2) is 5.05. The fourth-order valence-corrected chi connectivity index (χ4v) is 1.82. The molecule has 0 N–H and O–H groups in total. The van der Waals surface area contributed by atoms with Crippen molar-refractivity contribution in [1.29, 1.82) is 10.5 Å². The molecule has 0 amide bonds. The average molecular weight is 279 g/mol. The Bertz CT molecular complexity index is 709. The van der Waals surface area contributed by atoms with E-state index in [0.717, 1.165) is 4.68 Å². The summed E-state index contributed by atoms with van der Waals surface area (Å²) in [5.74, 6) is 0. The maximum Gasteiger partial charge on any atom is 0.283 e. The Hall–Kier alpha value is -2.44. The Morgan fingerprint density at radius 2 is 2.00 bits per heavy atom. The van der Waals surface area contributed by atoms with Gasteiger partial charge in [-0.1, -0.05) is 17.7 Å². The molecule has 0 saturated carbocycles. The molecule has 1 heterocycles. The van der Waals surface area contributed by atoms with Gasteiger partial charge in [0.25, 0.3) is 6.43 Å². The standard InChI is InChI=1S/C12H5ClF2N4/c13-11-9(6-17)10(12(14)15)18-19(11)8-3-1-2-7(4-8)5-16/h1-4,12H. The second-order valence-corrected chi connectivity index (χ2v) is 3.90. The highest BCUT2D eigenvalue weighted by Gasteiger charge is 2.23. The van der Waals surface area contributed by atoms with E-state index in [1.165, 1.54) is 6.07 Å². The molecule has 0 saturated heterocycles. The average Bonchev–Trinajstić information content (AvgIpc) is 2.76. The van der Waals surface area contributed by atoms with Crippen LogP contribution in [0.4, 0.5) is 8.78 Å². The van der Waals surface area contributed by atoms with Gasteiger partial charge in [-0.05, 0) is 18.2 Å². The van der Waals surface area contributed by atoms with E-state index in [2.05, 4.69) is 5.10 Å². The number of nitrogens with zero attached hydrogens (tertiary/aromatic N) is 4. The summed E-state index contributed by atoms with van der Waals surface area (Å²) in [7, 11) is 0. The van der Waals surface area contributed by atoms with Gasteiger partial charge in [0.15, 0.2) is 5.15 Å². The molecule has 0 unspecified atom stereocenters. The van der Waals surface area contributed by atoms with Crippen LogP contribution in [0, 0.1) is 22.7 Å². The number of hydrogen-bond acceptors (Lipinski definition) is 3. The molecule has 1 aromatic heterocycles. The van der Waals surface area contributed by atoms with Crippen molar-refractivity contribution in [2.24, 2.45) is 0 Å². The monoisotopic (exact) mass is 278 g/mol. The summed E-state index contributed by atoms with van der Waals surface area (Å²) >= 11 is 5.87. The van der Waals surface area contributed by atoms with Gasteiger partial charge in [0, 0.05) is 0 Å². The molecule has 0 atom stereocenters. The summed E-state index contributed by atoms with van der Waals surface area (Å²) in [6.07, 6.45) is -2.90. The topological polar surface area (TPSA) is 65.4 Å². The van der Waals surface area contributed by atoms with Crippen LogP contribution in [0.1, 0.15) is 23.2 Å². The van der Waals surface area contributed by atoms with Gasteiger partial charge in [-0.3, -0.25) is 0 Å². The van der Waals surface area contributed by atoms with E-state index >= 15 is 0 Å². The van der Waals surface area contributed by atoms with Gasteiger partial charge < -0.3 is 0 Å². The van der Waals surface area contributed by atoms with Crippen molar-refractivity contribution in [2.45, 2.75) is 6.43 Å². The van der Waals surface area contributed by atoms with Crippen molar-refractivity contribution in [3.63, 3.8) is 0 Å². The Morgan fingerprint density at radius 3 is 2.53 bits per heavy atom. The van der Waals surface area contributed by atoms with Crippen molar-refractivity contribution in [3.05, 3.63) is 46.2 Å². The minimum atomic E-state index is -2.90. The Labute approximate surface area is 112 Å². The number of alkyl halides is 2. The normalized spacial score (nSPS) is 10.2. The molecule has 1 aromatic carbocycles. The van der Waals surface area contributed by atoms with Gasteiger partial charge in [-0.15, -0.1) is 0 Å². The predicted octanol–water partition coefficient (Wildman–Crippen LogP) is 3.21. The summed E-state index contributed by atoms with van der Waals surface area (Å²) in [5, 5.41) is 21.1. The second-order valence-electron chi connectivity index (χ2n) is 3.54. The fraction of sp³-hybridized carbons (Fsp3) is 0.0833. The highest BCUT2D eigenvalue weighted by molar-refractivity contribution is 6.31. The van der Waals surface area contributed by atoms with Crippen LogP contribution in [0.5, 0.6) is 0 Å². The largest absolute Gasteiger partial charge is 0.283 e. The molecule has 0 aliphatic rings. The first-order chi connectivity index (χ1) is 9.08. The molecular weight excluding hydrogens is 274 g/mol. The third-order valence-corrected chi connectivity index (χ3v) is 2.74. The molecule has 19 heavy (non-hydrogen) atoms. The molecule has 4 nitrogen and oxygen atoms in total. The van der Waals surface area contributed by atoms with E-state index in [4.69, 9.17) is 22.1 Å². The highest BCUT2D eigenvalue weighted by atomic mass is 35.5. The van der Waals surface area contributed by atoms with Gasteiger partial charge in [0.05, 0.1) is 17.3 Å². The molecule has 0 bridgehead atoms. The smallest absolute Gasteiger partial charge is 0.220 e. The van der Waals surface area contributed by atoms with E-state index in [-0.39, 0.29) is 10.7 Å². The van der Waals surface area contributed by atoms with Gasteiger partial charge >= 0.3 is 0 Å². The zero-order chi connectivity index (χ0) is 14.0. The molecule has 94 valence electrons. The van der Waals surface area contributed by atoms with Crippen LogP contribution >= 0.6 is 11.6 Å². The van der Waals surface area contributed by atoms with E-state index < -0.39 is 12.1 Å². The summed E-state index contributed by atoms with van der Waals surface area (Å²) in [6, 6.07) is 9.64. The third kappa shape index (κ3) is 2.26. The van der Waals surface area contributed by atoms with Crippen LogP contribution in [-0.4, -0.2) is 9.78 Å². The third-order valence-electron chi connectivity index (χ3n) is 2.39. The molecule has 0 radical (unpaired) electrons. The minimum Gasteiger partial charge on any atom is -0.220 e. The molecule has 0 aliphatic heterocycles.